The third kappa shape index (κ3) is 3.92. The molecule has 0 spiro atoms. The average Bonchev–Trinajstić information content (AvgIpc) is 2.04. The second-order valence-electron chi connectivity index (χ2n) is 3.78. The molecule has 0 fully saturated rings. The van der Waals surface area contributed by atoms with Gasteiger partial charge in [-0.05, 0) is 19.4 Å². The lowest BCUT2D eigenvalue weighted by molar-refractivity contribution is 0.498. The molecule has 2 N–H and O–H groups in total. The molecular weight excluding hydrogens is 160 g/mol. The molecule has 0 unspecified atom stereocenters. The van der Waals surface area contributed by atoms with E-state index >= 15 is 0 Å². The van der Waals surface area contributed by atoms with Crippen LogP contribution < -0.4 is 5.73 Å². The molecule has 0 aromatic carbocycles. The first kappa shape index (κ1) is 11.9. The van der Waals surface area contributed by atoms with Crippen molar-refractivity contribution in [3.8, 4) is 0 Å². The maximum atomic E-state index is 5.87. The largest absolute Gasteiger partial charge is 0.387 e. The van der Waals surface area contributed by atoms with Gasteiger partial charge in [0.25, 0.3) is 0 Å². The van der Waals surface area contributed by atoms with Crippen molar-refractivity contribution >= 4 is 5.84 Å². The van der Waals surface area contributed by atoms with Crippen molar-refractivity contribution in [1.82, 2.24) is 0 Å². The lowest BCUT2D eigenvalue weighted by Gasteiger charge is -2.21. The first-order chi connectivity index (χ1) is 5.94. The first-order valence-electron chi connectivity index (χ1n) is 4.58. The number of nitrogens with two attached hydrogens (primary N) is 1. The highest BCUT2D eigenvalue weighted by Gasteiger charge is 2.19. The van der Waals surface area contributed by atoms with Crippen molar-refractivity contribution in [2.75, 3.05) is 0 Å². The highest BCUT2D eigenvalue weighted by atomic mass is 14.9. The molecule has 0 saturated heterocycles. The summed E-state index contributed by atoms with van der Waals surface area (Å²) in [5.74, 6) is 0.686. The van der Waals surface area contributed by atoms with E-state index in [-0.39, 0.29) is 5.41 Å². The average molecular weight is 180 g/mol. The van der Waals surface area contributed by atoms with Crippen molar-refractivity contribution in [2.45, 2.75) is 34.1 Å². The van der Waals surface area contributed by atoms with Crippen LogP contribution in [0.1, 0.15) is 34.1 Å². The fourth-order valence-electron chi connectivity index (χ4n) is 0.730. The fraction of sp³-hybridized carbons (Fsp3) is 0.545. The highest BCUT2D eigenvalue weighted by Crippen LogP contribution is 2.20. The van der Waals surface area contributed by atoms with Gasteiger partial charge in [0.05, 0.1) is 0 Å². The zero-order chi connectivity index (χ0) is 10.5. The maximum absolute atomic E-state index is 5.87. The van der Waals surface area contributed by atoms with Gasteiger partial charge in [0.1, 0.15) is 5.84 Å². The highest BCUT2D eigenvalue weighted by molar-refractivity contribution is 5.86. The van der Waals surface area contributed by atoms with Gasteiger partial charge in [-0.2, -0.15) is 0 Å². The number of amidine groups is 1. The summed E-state index contributed by atoms with van der Waals surface area (Å²) in [5.41, 5.74) is 6.75. The third-order valence-electron chi connectivity index (χ3n) is 2.23. The summed E-state index contributed by atoms with van der Waals surface area (Å²) in [6.45, 7) is 11.8. The van der Waals surface area contributed by atoms with Gasteiger partial charge in [0.15, 0.2) is 0 Å². The minimum Gasteiger partial charge on any atom is -0.387 e. The number of hydrogen-bond donors (Lipinski definition) is 1. The molecule has 0 amide bonds. The van der Waals surface area contributed by atoms with Crippen LogP contribution in [0.4, 0.5) is 0 Å². The van der Waals surface area contributed by atoms with Crippen LogP contribution in [0.15, 0.2) is 29.4 Å². The van der Waals surface area contributed by atoms with Gasteiger partial charge in [0, 0.05) is 11.1 Å². The summed E-state index contributed by atoms with van der Waals surface area (Å²) in [5, 5.41) is 0. The van der Waals surface area contributed by atoms with Gasteiger partial charge in [-0.1, -0.05) is 33.4 Å². The lowest BCUT2D eigenvalue weighted by atomic mass is 9.89. The van der Waals surface area contributed by atoms with Gasteiger partial charge in [0.2, 0.25) is 0 Å². The van der Waals surface area contributed by atoms with E-state index < -0.39 is 0 Å². The maximum Gasteiger partial charge on any atom is 0.105 e. The summed E-state index contributed by atoms with van der Waals surface area (Å²) in [4.78, 5) is 4.29. The molecule has 0 aromatic heterocycles. The molecule has 0 aliphatic rings. The summed E-state index contributed by atoms with van der Waals surface area (Å²) in [7, 11) is 0. The Morgan fingerprint density at radius 3 is 2.46 bits per heavy atom. The van der Waals surface area contributed by atoms with E-state index in [9.17, 15) is 0 Å². The van der Waals surface area contributed by atoms with E-state index in [1.165, 1.54) is 0 Å². The topological polar surface area (TPSA) is 38.4 Å². The minimum absolute atomic E-state index is 0.0176. The predicted octanol–water partition coefficient (Wildman–Crippen LogP) is 2.87. The molecular formula is C11H20N2. The van der Waals surface area contributed by atoms with Crippen molar-refractivity contribution in [2.24, 2.45) is 16.1 Å². The molecule has 0 aliphatic carbocycles. The summed E-state index contributed by atoms with van der Waals surface area (Å²) >= 11 is 0. The minimum atomic E-state index is -0.0176. The van der Waals surface area contributed by atoms with Gasteiger partial charge in [-0.15, -0.1) is 0 Å². The van der Waals surface area contributed by atoms with Crippen LogP contribution in [0.5, 0.6) is 0 Å². The van der Waals surface area contributed by atoms with E-state index in [1.54, 1.807) is 6.08 Å². The third-order valence-corrected chi connectivity index (χ3v) is 2.23. The van der Waals surface area contributed by atoms with Crippen LogP contribution >= 0.6 is 0 Å². The van der Waals surface area contributed by atoms with Gasteiger partial charge >= 0.3 is 0 Å². The van der Waals surface area contributed by atoms with Crippen LogP contribution in [0.25, 0.3) is 0 Å². The van der Waals surface area contributed by atoms with Crippen LogP contribution in [0.3, 0.4) is 0 Å². The van der Waals surface area contributed by atoms with Gasteiger partial charge in [-0.3, -0.25) is 0 Å². The Balaban J connectivity index is 4.67. The number of aliphatic imine (C=N–C) groups is 1. The van der Waals surface area contributed by atoms with E-state index in [2.05, 4.69) is 32.3 Å². The first-order valence-corrected chi connectivity index (χ1v) is 4.58. The van der Waals surface area contributed by atoms with Crippen LogP contribution in [-0.2, 0) is 0 Å². The molecule has 0 aliphatic heterocycles. The zero-order valence-electron chi connectivity index (χ0n) is 9.09. The van der Waals surface area contributed by atoms with Crippen molar-refractivity contribution in [1.29, 1.82) is 0 Å². The Labute approximate surface area is 81.2 Å². The molecule has 74 valence electrons. The van der Waals surface area contributed by atoms with E-state index in [1.807, 2.05) is 13.0 Å². The quantitative estimate of drug-likeness (QED) is 0.403. The van der Waals surface area contributed by atoms with Crippen LogP contribution in [0.2, 0.25) is 0 Å². The normalized spacial score (nSPS) is 14.5. The van der Waals surface area contributed by atoms with Crippen LogP contribution in [0, 0.1) is 5.41 Å². The summed E-state index contributed by atoms with van der Waals surface area (Å²) in [6.07, 6.45) is 4.55. The monoisotopic (exact) mass is 180 g/mol. The molecule has 0 atom stereocenters. The number of nitrogens with zero attached hydrogens (tertiary/aromatic N) is 1. The van der Waals surface area contributed by atoms with E-state index in [0.29, 0.717) is 5.84 Å². The summed E-state index contributed by atoms with van der Waals surface area (Å²) in [6, 6.07) is 0. The zero-order valence-corrected chi connectivity index (χ0v) is 9.09. The molecule has 0 aromatic rings. The lowest BCUT2D eigenvalue weighted by Crippen LogP contribution is -2.31. The van der Waals surface area contributed by atoms with Crippen molar-refractivity contribution < 1.29 is 0 Å². The molecule has 0 saturated carbocycles. The second kappa shape index (κ2) is 4.85. The fourth-order valence-corrected chi connectivity index (χ4v) is 0.730. The van der Waals surface area contributed by atoms with Crippen LogP contribution in [-0.4, -0.2) is 5.84 Å². The molecule has 2 nitrogen and oxygen atoms in total. The Bertz CT molecular complexity index is 234. The van der Waals surface area contributed by atoms with E-state index in [4.69, 9.17) is 5.73 Å². The van der Waals surface area contributed by atoms with Gasteiger partial charge < -0.3 is 5.73 Å². The van der Waals surface area contributed by atoms with E-state index in [0.717, 1.165) is 12.1 Å². The Kier molecular flexibility index (Phi) is 4.46. The van der Waals surface area contributed by atoms with Gasteiger partial charge in [-0.25, -0.2) is 4.99 Å². The van der Waals surface area contributed by atoms with Crippen molar-refractivity contribution in [3.05, 3.63) is 24.4 Å². The molecule has 13 heavy (non-hydrogen) atoms. The molecule has 0 bridgehead atoms. The molecule has 0 heterocycles. The Hall–Kier alpha value is -1.05. The Morgan fingerprint density at radius 2 is 2.08 bits per heavy atom. The molecule has 2 heteroatoms. The Morgan fingerprint density at radius 1 is 1.54 bits per heavy atom. The standard InChI is InChI=1S/C11H20N2/c1-6-8-9(3)13-10(12)11(4,5)7-2/h6,8H,1,7H2,2-5H3,(H2,12,13)/b9-8-. The molecule has 0 radical (unpaired) electrons. The smallest absolute Gasteiger partial charge is 0.105 e. The molecule has 0 rings (SSSR count). The number of allylic oxidation sites excluding steroid dienone is 3. The number of rotatable bonds is 4. The number of hydrogen-bond acceptors (Lipinski definition) is 1. The van der Waals surface area contributed by atoms with Crippen molar-refractivity contribution in [3.63, 3.8) is 0 Å². The SMILES string of the molecule is C=C/C=C(C)\N=C(/N)C(C)(C)CC. The predicted molar refractivity (Wildman–Crippen MR) is 59.6 cm³/mol. The summed E-state index contributed by atoms with van der Waals surface area (Å²) < 4.78 is 0. The second-order valence-corrected chi connectivity index (χ2v) is 3.78.